The highest BCUT2D eigenvalue weighted by atomic mass is 16.4. The summed E-state index contributed by atoms with van der Waals surface area (Å²) in [5.41, 5.74) is 0. The molecular weight excluding hydrogens is 232 g/mol. The highest BCUT2D eigenvalue weighted by molar-refractivity contribution is 5.82. The summed E-state index contributed by atoms with van der Waals surface area (Å²) in [7, 11) is 0. The van der Waals surface area contributed by atoms with E-state index in [1.165, 1.54) is 17.7 Å². The lowest BCUT2D eigenvalue weighted by molar-refractivity contribution is -0.143. The van der Waals surface area contributed by atoms with E-state index in [-0.39, 0.29) is 6.03 Å². The van der Waals surface area contributed by atoms with E-state index in [0.717, 1.165) is 18.8 Å². The number of piperidine rings is 1. The molecule has 2 fully saturated rings. The van der Waals surface area contributed by atoms with Crippen LogP contribution in [0.4, 0.5) is 4.79 Å². The topological polar surface area (TPSA) is 69.6 Å². The van der Waals surface area contributed by atoms with Crippen LogP contribution in [0.3, 0.4) is 0 Å². The molecule has 2 unspecified atom stereocenters. The Labute approximate surface area is 108 Å². The molecule has 1 heterocycles. The van der Waals surface area contributed by atoms with Crippen molar-refractivity contribution in [2.45, 2.75) is 45.1 Å². The van der Waals surface area contributed by atoms with Crippen molar-refractivity contribution in [3.63, 3.8) is 0 Å². The first-order chi connectivity index (χ1) is 8.58. The van der Waals surface area contributed by atoms with Gasteiger partial charge in [0.25, 0.3) is 0 Å². The highest BCUT2D eigenvalue weighted by Gasteiger charge is 2.34. The maximum Gasteiger partial charge on any atom is 0.326 e. The van der Waals surface area contributed by atoms with Crippen molar-refractivity contribution >= 4 is 12.0 Å². The van der Waals surface area contributed by atoms with Gasteiger partial charge in [-0.05, 0) is 31.1 Å². The number of aliphatic carboxylic acids is 1. The second-order valence-electron chi connectivity index (χ2n) is 5.64. The number of hydrogen-bond acceptors (Lipinski definition) is 2. The van der Waals surface area contributed by atoms with Gasteiger partial charge < -0.3 is 15.3 Å². The number of rotatable bonds is 4. The van der Waals surface area contributed by atoms with Crippen molar-refractivity contribution in [3.8, 4) is 0 Å². The van der Waals surface area contributed by atoms with Crippen LogP contribution in [0.1, 0.15) is 39.0 Å². The second-order valence-corrected chi connectivity index (χ2v) is 5.64. The summed E-state index contributed by atoms with van der Waals surface area (Å²) in [6.45, 7) is 3.26. The molecule has 1 saturated carbocycles. The van der Waals surface area contributed by atoms with E-state index in [2.05, 4.69) is 5.32 Å². The Morgan fingerprint density at radius 1 is 1.33 bits per heavy atom. The zero-order valence-electron chi connectivity index (χ0n) is 10.9. The SMILES string of the molecule is CC1CCN(C(=O)NCCC2CC2)C(C(=O)O)C1. The summed E-state index contributed by atoms with van der Waals surface area (Å²) >= 11 is 0. The van der Waals surface area contributed by atoms with E-state index in [4.69, 9.17) is 0 Å². The normalized spacial score (nSPS) is 27.9. The van der Waals surface area contributed by atoms with Crippen LogP contribution in [0.15, 0.2) is 0 Å². The molecule has 0 aromatic carbocycles. The third-order valence-corrected chi connectivity index (χ3v) is 3.94. The fraction of sp³-hybridized carbons (Fsp3) is 0.846. The second kappa shape index (κ2) is 5.59. The fourth-order valence-corrected chi connectivity index (χ4v) is 2.51. The Hall–Kier alpha value is -1.26. The first-order valence-corrected chi connectivity index (χ1v) is 6.85. The number of likely N-dealkylation sites (tertiary alicyclic amines) is 1. The number of amides is 2. The van der Waals surface area contributed by atoms with Gasteiger partial charge >= 0.3 is 12.0 Å². The van der Waals surface area contributed by atoms with Gasteiger partial charge in [-0.3, -0.25) is 0 Å². The Balaban J connectivity index is 1.83. The average molecular weight is 254 g/mol. The molecule has 0 spiro atoms. The number of nitrogens with one attached hydrogen (secondary N) is 1. The van der Waals surface area contributed by atoms with E-state index in [1.807, 2.05) is 6.92 Å². The zero-order chi connectivity index (χ0) is 13.1. The Bertz CT molecular complexity index is 328. The fourth-order valence-electron chi connectivity index (χ4n) is 2.51. The van der Waals surface area contributed by atoms with Crippen LogP contribution in [-0.4, -0.2) is 41.1 Å². The lowest BCUT2D eigenvalue weighted by Gasteiger charge is -2.35. The number of carboxylic acids is 1. The van der Waals surface area contributed by atoms with E-state index >= 15 is 0 Å². The molecule has 102 valence electrons. The Morgan fingerprint density at radius 3 is 2.67 bits per heavy atom. The first-order valence-electron chi connectivity index (χ1n) is 6.85. The maximum absolute atomic E-state index is 12.0. The Kier molecular flexibility index (Phi) is 4.09. The number of hydrogen-bond donors (Lipinski definition) is 2. The lowest BCUT2D eigenvalue weighted by atomic mass is 9.93. The minimum absolute atomic E-state index is 0.213. The number of nitrogens with zero attached hydrogens (tertiary/aromatic N) is 1. The minimum Gasteiger partial charge on any atom is -0.480 e. The van der Waals surface area contributed by atoms with Gasteiger partial charge in [0.1, 0.15) is 6.04 Å². The summed E-state index contributed by atoms with van der Waals surface area (Å²) in [4.78, 5) is 24.6. The van der Waals surface area contributed by atoms with Crippen molar-refractivity contribution in [2.24, 2.45) is 11.8 Å². The molecule has 2 N–H and O–H groups in total. The summed E-state index contributed by atoms with van der Waals surface area (Å²) in [6, 6.07) is -0.871. The molecule has 5 heteroatoms. The van der Waals surface area contributed by atoms with Crippen LogP contribution in [-0.2, 0) is 4.79 Å². The Morgan fingerprint density at radius 2 is 2.06 bits per heavy atom. The molecule has 2 atom stereocenters. The van der Waals surface area contributed by atoms with Gasteiger partial charge in [-0.25, -0.2) is 9.59 Å². The third kappa shape index (κ3) is 3.37. The molecule has 2 rings (SSSR count). The minimum atomic E-state index is -0.890. The van der Waals surface area contributed by atoms with E-state index in [9.17, 15) is 14.7 Å². The molecule has 18 heavy (non-hydrogen) atoms. The van der Waals surface area contributed by atoms with Crippen LogP contribution in [0.2, 0.25) is 0 Å². The van der Waals surface area contributed by atoms with Crippen LogP contribution in [0.5, 0.6) is 0 Å². The molecule has 5 nitrogen and oxygen atoms in total. The maximum atomic E-state index is 12.0. The van der Waals surface area contributed by atoms with E-state index in [1.54, 1.807) is 0 Å². The predicted molar refractivity (Wildman–Crippen MR) is 67.3 cm³/mol. The molecule has 0 radical (unpaired) electrons. The molecule has 2 amide bonds. The highest BCUT2D eigenvalue weighted by Crippen LogP contribution is 2.31. The summed E-state index contributed by atoms with van der Waals surface area (Å²) in [6.07, 6.45) is 5.02. The van der Waals surface area contributed by atoms with Crippen molar-refractivity contribution in [2.75, 3.05) is 13.1 Å². The van der Waals surface area contributed by atoms with Gasteiger partial charge in [0, 0.05) is 13.1 Å². The molecule has 1 aliphatic carbocycles. The van der Waals surface area contributed by atoms with Crippen molar-refractivity contribution in [1.82, 2.24) is 10.2 Å². The molecule has 0 bridgehead atoms. The zero-order valence-corrected chi connectivity index (χ0v) is 10.9. The van der Waals surface area contributed by atoms with Crippen molar-refractivity contribution < 1.29 is 14.7 Å². The van der Waals surface area contributed by atoms with E-state index in [0.29, 0.717) is 25.4 Å². The first kappa shape index (κ1) is 13.2. The molecule has 0 aromatic rings. The molecule has 0 aromatic heterocycles. The molecule has 2 aliphatic rings. The van der Waals surface area contributed by atoms with Crippen LogP contribution >= 0.6 is 0 Å². The number of urea groups is 1. The quantitative estimate of drug-likeness (QED) is 0.802. The van der Waals surface area contributed by atoms with Crippen LogP contribution < -0.4 is 5.32 Å². The number of carboxylic acid groups (broad SMARTS) is 1. The van der Waals surface area contributed by atoms with Crippen LogP contribution in [0.25, 0.3) is 0 Å². The lowest BCUT2D eigenvalue weighted by Crippen LogP contribution is -2.53. The summed E-state index contributed by atoms with van der Waals surface area (Å²) in [5, 5.41) is 12.0. The van der Waals surface area contributed by atoms with Gasteiger partial charge in [0.15, 0.2) is 0 Å². The van der Waals surface area contributed by atoms with Gasteiger partial charge in [-0.1, -0.05) is 19.8 Å². The van der Waals surface area contributed by atoms with Crippen LogP contribution in [0, 0.1) is 11.8 Å². The third-order valence-electron chi connectivity index (χ3n) is 3.94. The van der Waals surface area contributed by atoms with Gasteiger partial charge in [-0.15, -0.1) is 0 Å². The smallest absolute Gasteiger partial charge is 0.326 e. The monoisotopic (exact) mass is 254 g/mol. The van der Waals surface area contributed by atoms with Gasteiger partial charge in [0.05, 0.1) is 0 Å². The van der Waals surface area contributed by atoms with Crippen molar-refractivity contribution in [3.05, 3.63) is 0 Å². The largest absolute Gasteiger partial charge is 0.480 e. The standard InChI is InChI=1S/C13H22N2O3/c1-9-5-7-15(11(8-9)12(16)17)13(18)14-6-4-10-2-3-10/h9-11H,2-8H2,1H3,(H,14,18)(H,16,17). The number of carbonyl (C=O) groups excluding carboxylic acids is 1. The molecule has 1 aliphatic heterocycles. The average Bonchev–Trinajstić information content (AvgIpc) is 3.12. The summed E-state index contributed by atoms with van der Waals surface area (Å²) < 4.78 is 0. The van der Waals surface area contributed by atoms with Gasteiger partial charge in [-0.2, -0.15) is 0 Å². The summed E-state index contributed by atoms with van der Waals surface area (Å²) in [5.74, 6) is 0.266. The molecule has 1 saturated heterocycles. The number of carbonyl (C=O) groups is 2. The van der Waals surface area contributed by atoms with Crippen molar-refractivity contribution in [1.29, 1.82) is 0 Å². The van der Waals surface area contributed by atoms with Gasteiger partial charge in [0.2, 0.25) is 0 Å². The van der Waals surface area contributed by atoms with E-state index < -0.39 is 12.0 Å². The molecular formula is C13H22N2O3. The predicted octanol–water partition coefficient (Wildman–Crippen LogP) is 1.68.